The lowest BCUT2D eigenvalue weighted by atomic mass is 9.91. The van der Waals surface area contributed by atoms with Gasteiger partial charge in [0.05, 0.1) is 12.6 Å². The van der Waals surface area contributed by atoms with E-state index in [0.29, 0.717) is 24.7 Å². The minimum Gasteiger partial charge on any atom is -0.458 e. The molecule has 0 fully saturated rings. The van der Waals surface area contributed by atoms with E-state index in [-0.39, 0.29) is 19.3 Å². The van der Waals surface area contributed by atoms with Crippen molar-refractivity contribution < 1.29 is 24.2 Å². The first-order valence-corrected chi connectivity index (χ1v) is 8.74. The van der Waals surface area contributed by atoms with Crippen LogP contribution in [0.4, 0.5) is 0 Å². The van der Waals surface area contributed by atoms with E-state index in [9.17, 15) is 14.7 Å². The standard InChI is InChI=1S/C18H35NO5/c1-8-15(20)17(22)19-14(9-13(4)12(2)3)10-23-11-16(21)24-18(5,6)7/h12-15,20H,8-11H2,1-7H3,(H,19,22). The second-order valence-corrected chi connectivity index (χ2v) is 7.69. The van der Waals surface area contributed by atoms with Gasteiger partial charge in [0.2, 0.25) is 5.91 Å². The lowest BCUT2D eigenvalue weighted by molar-refractivity contribution is -0.160. The van der Waals surface area contributed by atoms with Gasteiger partial charge >= 0.3 is 5.97 Å². The van der Waals surface area contributed by atoms with Crippen LogP contribution in [0.15, 0.2) is 0 Å². The summed E-state index contributed by atoms with van der Waals surface area (Å²) in [6.07, 6.45) is 0.0540. The van der Waals surface area contributed by atoms with Crippen molar-refractivity contribution in [1.82, 2.24) is 5.32 Å². The predicted molar refractivity (Wildman–Crippen MR) is 93.5 cm³/mol. The predicted octanol–water partition coefficient (Wildman–Crippen LogP) is 2.28. The van der Waals surface area contributed by atoms with Gasteiger partial charge in [0.25, 0.3) is 0 Å². The van der Waals surface area contributed by atoms with Crippen molar-refractivity contribution in [1.29, 1.82) is 0 Å². The van der Waals surface area contributed by atoms with Gasteiger partial charge in [-0.2, -0.15) is 0 Å². The SMILES string of the molecule is CCC(O)C(=O)NC(COCC(=O)OC(C)(C)C)CC(C)C(C)C. The number of carbonyl (C=O) groups excluding carboxylic acids is 2. The first kappa shape index (κ1) is 22.9. The molecule has 2 N–H and O–H groups in total. The molecule has 0 aliphatic rings. The molecule has 0 aliphatic heterocycles. The third kappa shape index (κ3) is 10.6. The molecule has 3 atom stereocenters. The molecule has 0 aromatic rings. The van der Waals surface area contributed by atoms with Crippen LogP contribution in [-0.4, -0.2) is 47.9 Å². The van der Waals surface area contributed by atoms with Crippen molar-refractivity contribution in [3.63, 3.8) is 0 Å². The van der Waals surface area contributed by atoms with Crippen LogP contribution < -0.4 is 5.32 Å². The Bertz CT molecular complexity index is 389. The second-order valence-electron chi connectivity index (χ2n) is 7.69. The monoisotopic (exact) mass is 345 g/mol. The number of hydrogen-bond acceptors (Lipinski definition) is 5. The molecule has 0 saturated carbocycles. The molecule has 0 bridgehead atoms. The second kappa shape index (κ2) is 10.7. The first-order valence-electron chi connectivity index (χ1n) is 8.74. The topological polar surface area (TPSA) is 84.9 Å². The Balaban J connectivity index is 4.54. The summed E-state index contributed by atoms with van der Waals surface area (Å²) in [5.74, 6) is 0.00274. The molecule has 0 heterocycles. The van der Waals surface area contributed by atoms with E-state index in [4.69, 9.17) is 9.47 Å². The van der Waals surface area contributed by atoms with Crippen LogP contribution in [0.2, 0.25) is 0 Å². The summed E-state index contributed by atoms with van der Waals surface area (Å²) in [4.78, 5) is 23.6. The zero-order valence-electron chi connectivity index (χ0n) is 16.2. The van der Waals surface area contributed by atoms with Gasteiger partial charge in [-0.15, -0.1) is 0 Å². The summed E-state index contributed by atoms with van der Waals surface area (Å²) in [5.41, 5.74) is -0.550. The normalized spacial score (nSPS) is 15.7. The van der Waals surface area contributed by atoms with Crippen molar-refractivity contribution in [3.8, 4) is 0 Å². The van der Waals surface area contributed by atoms with Crippen LogP contribution >= 0.6 is 0 Å². The quantitative estimate of drug-likeness (QED) is 0.593. The number of aliphatic hydroxyl groups excluding tert-OH is 1. The zero-order chi connectivity index (χ0) is 18.9. The lowest BCUT2D eigenvalue weighted by Crippen LogP contribution is -2.45. The Hall–Kier alpha value is -1.14. The van der Waals surface area contributed by atoms with Gasteiger partial charge in [-0.1, -0.05) is 27.7 Å². The number of nitrogens with one attached hydrogen (secondary N) is 1. The first-order chi connectivity index (χ1) is 11.0. The summed E-state index contributed by atoms with van der Waals surface area (Å²) in [5, 5.41) is 12.4. The summed E-state index contributed by atoms with van der Waals surface area (Å²) in [6, 6.07) is -0.251. The Morgan fingerprint density at radius 1 is 1.17 bits per heavy atom. The van der Waals surface area contributed by atoms with Crippen LogP contribution in [0.25, 0.3) is 0 Å². The van der Waals surface area contributed by atoms with E-state index in [2.05, 4.69) is 26.1 Å². The van der Waals surface area contributed by atoms with Crippen LogP contribution in [0.1, 0.15) is 61.3 Å². The molecular formula is C18H35NO5. The molecule has 6 heteroatoms. The fraction of sp³-hybridized carbons (Fsp3) is 0.889. The van der Waals surface area contributed by atoms with E-state index in [0.717, 1.165) is 0 Å². The summed E-state index contributed by atoms with van der Waals surface area (Å²) < 4.78 is 10.6. The van der Waals surface area contributed by atoms with Gasteiger partial charge in [0.15, 0.2) is 0 Å². The summed E-state index contributed by atoms with van der Waals surface area (Å²) in [7, 11) is 0. The molecule has 0 spiro atoms. The molecule has 24 heavy (non-hydrogen) atoms. The Labute approximate surface area is 146 Å². The molecule has 1 amide bonds. The smallest absolute Gasteiger partial charge is 0.332 e. The molecule has 0 radical (unpaired) electrons. The van der Waals surface area contributed by atoms with E-state index < -0.39 is 23.6 Å². The van der Waals surface area contributed by atoms with Crippen LogP contribution in [-0.2, 0) is 19.1 Å². The number of esters is 1. The van der Waals surface area contributed by atoms with Crippen molar-refractivity contribution >= 4 is 11.9 Å². The van der Waals surface area contributed by atoms with Gasteiger partial charge in [0.1, 0.15) is 18.3 Å². The zero-order valence-corrected chi connectivity index (χ0v) is 16.2. The van der Waals surface area contributed by atoms with E-state index in [1.807, 2.05) is 0 Å². The third-order valence-electron chi connectivity index (χ3n) is 3.79. The highest BCUT2D eigenvalue weighted by molar-refractivity contribution is 5.80. The molecule has 0 aliphatic carbocycles. The van der Waals surface area contributed by atoms with E-state index in [1.54, 1.807) is 27.7 Å². The fourth-order valence-electron chi connectivity index (χ4n) is 2.03. The largest absolute Gasteiger partial charge is 0.458 e. The number of aliphatic hydroxyl groups is 1. The molecule has 0 rings (SSSR count). The molecule has 0 saturated heterocycles. The maximum absolute atomic E-state index is 11.9. The van der Waals surface area contributed by atoms with Gasteiger partial charge in [0, 0.05) is 0 Å². The minimum absolute atomic E-state index is 0.157. The van der Waals surface area contributed by atoms with Crippen molar-refractivity contribution in [3.05, 3.63) is 0 Å². The number of ether oxygens (including phenoxy) is 2. The number of rotatable bonds is 10. The highest BCUT2D eigenvalue weighted by Crippen LogP contribution is 2.17. The third-order valence-corrected chi connectivity index (χ3v) is 3.79. The molecule has 142 valence electrons. The Morgan fingerprint density at radius 3 is 2.21 bits per heavy atom. The van der Waals surface area contributed by atoms with Crippen LogP contribution in [0.3, 0.4) is 0 Å². The maximum atomic E-state index is 11.9. The molecule has 6 nitrogen and oxygen atoms in total. The molecular weight excluding hydrogens is 310 g/mol. The Morgan fingerprint density at radius 2 is 1.75 bits per heavy atom. The van der Waals surface area contributed by atoms with Crippen molar-refractivity contribution in [2.45, 2.75) is 79.1 Å². The summed E-state index contributed by atoms with van der Waals surface area (Å²) in [6.45, 7) is 13.5. The van der Waals surface area contributed by atoms with Crippen molar-refractivity contribution in [2.75, 3.05) is 13.2 Å². The fourth-order valence-corrected chi connectivity index (χ4v) is 2.03. The number of carbonyl (C=O) groups is 2. The van der Waals surface area contributed by atoms with Gasteiger partial charge in [-0.25, -0.2) is 4.79 Å². The van der Waals surface area contributed by atoms with Gasteiger partial charge in [-0.3, -0.25) is 4.79 Å². The highest BCUT2D eigenvalue weighted by Gasteiger charge is 2.22. The van der Waals surface area contributed by atoms with Crippen molar-refractivity contribution in [2.24, 2.45) is 11.8 Å². The molecule has 0 aromatic heterocycles. The minimum atomic E-state index is -1.02. The molecule has 0 aromatic carbocycles. The molecule has 3 unspecified atom stereocenters. The Kier molecular flexibility index (Phi) is 10.2. The lowest BCUT2D eigenvalue weighted by Gasteiger charge is -2.25. The van der Waals surface area contributed by atoms with Gasteiger partial charge in [-0.05, 0) is 45.4 Å². The van der Waals surface area contributed by atoms with Gasteiger partial charge < -0.3 is 19.9 Å². The highest BCUT2D eigenvalue weighted by atomic mass is 16.6. The summed E-state index contributed by atoms with van der Waals surface area (Å²) >= 11 is 0. The maximum Gasteiger partial charge on any atom is 0.332 e. The van der Waals surface area contributed by atoms with Crippen LogP contribution in [0.5, 0.6) is 0 Å². The van der Waals surface area contributed by atoms with Crippen LogP contribution in [0, 0.1) is 11.8 Å². The number of hydrogen-bond donors (Lipinski definition) is 2. The van der Waals surface area contributed by atoms with E-state index >= 15 is 0 Å². The average Bonchev–Trinajstić information content (AvgIpc) is 2.43. The average molecular weight is 345 g/mol. The van der Waals surface area contributed by atoms with E-state index in [1.165, 1.54) is 0 Å². The number of amides is 1.